The molecule has 0 aliphatic heterocycles. The first-order chi connectivity index (χ1) is 8.49. The van der Waals surface area contributed by atoms with Crippen LogP contribution in [0.15, 0.2) is 22.7 Å². The second-order valence-corrected chi connectivity index (χ2v) is 4.22. The molecule has 1 atom stereocenters. The van der Waals surface area contributed by atoms with Crippen LogP contribution >= 0.6 is 15.9 Å². The lowest BCUT2D eigenvalue weighted by molar-refractivity contribution is -0.384. The summed E-state index contributed by atoms with van der Waals surface area (Å²) in [5.41, 5.74) is 5.53. The van der Waals surface area contributed by atoms with Gasteiger partial charge in [-0.25, -0.2) is 0 Å². The van der Waals surface area contributed by atoms with E-state index in [-0.39, 0.29) is 12.2 Å². The number of nitro benzene ring substituents is 1. The number of nitrogens with two attached hydrogens (primary N) is 1. The minimum absolute atomic E-state index is 0.0227. The lowest BCUT2D eigenvalue weighted by Crippen LogP contribution is -2.36. The quantitative estimate of drug-likeness (QED) is 0.628. The third-order valence-corrected chi connectivity index (χ3v) is 2.90. The molecule has 0 spiro atoms. The van der Waals surface area contributed by atoms with Gasteiger partial charge in [-0.3, -0.25) is 14.9 Å². The van der Waals surface area contributed by atoms with Gasteiger partial charge >= 0.3 is 0 Å². The van der Waals surface area contributed by atoms with Gasteiger partial charge in [-0.05, 0) is 22.0 Å². The topological polar surface area (TPSA) is 107 Å². The Kier molecular flexibility index (Phi) is 5.20. The Labute approximate surface area is 112 Å². The van der Waals surface area contributed by atoms with Gasteiger partial charge < -0.3 is 15.8 Å². The molecule has 0 fully saturated rings. The van der Waals surface area contributed by atoms with E-state index in [0.717, 1.165) is 0 Å². The van der Waals surface area contributed by atoms with Gasteiger partial charge in [0.15, 0.2) is 0 Å². The summed E-state index contributed by atoms with van der Waals surface area (Å²) in [6, 6.07) is 4.07. The summed E-state index contributed by atoms with van der Waals surface area (Å²) >= 11 is 3.19. The molecular weight excluding hydrogens is 306 g/mol. The number of anilines is 1. The molecule has 8 heteroatoms. The lowest BCUT2D eigenvalue weighted by Gasteiger charge is -2.13. The molecule has 0 aliphatic rings. The minimum atomic E-state index is -0.795. The highest BCUT2D eigenvalue weighted by Gasteiger charge is 2.18. The maximum Gasteiger partial charge on any atom is 0.271 e. The van der Waals surface area contributed by atoms with Crippen LogP contribution in [0.1, 0.15) is 0 Å². The van der Waals surface area contributed by atoms with Gasteiger partial charge in [0, 0.05) is 30.3 Å². The lowest BCUT2D eigenvalue weighted by atomic mass is 10.2. The van der Waals surface area contributed by atoms with E-state index in [0.29, 0.717) is 10.2 Å². The van der Waals surface area contributed by atoms with Crippen LogP contribution in [-0.2, 0) is 9.53 Å². The van der Waals surface area contributed by atoms with Crippen LogP contribution in [0.2, 0.25) is 0 Å². The first kappa shape index (κ1) is 14.6. The summed E-state index contributed by atoms with van der Waals surface area (Å²) in [6.07, 6.45) is -0.795. The first-order valence-electron chi connectivity index (χ1n) is 4.97. The fourth-order valence-electron chi connectivity index (χ4n) is 1.25. The second kappa shape index (κ2) is 6.43. The van der Waals surface area contributed by atoms with Gasteiger partial charge in [0.1, 0.15) is 6.10 Å². The fourth-order valence-corrected chi connectivity index (χ4v) is 1.59. The van der Waals surface area contributed by atoms with Crippen molar-refractivity contribution >= 4 is 33.2 Å². The van der Waals surface area contributed by atoms with E-state index in [1.807, 2.05) is 0 Å². The number of methoxy groups -OCH3 is 1. The molecule has 0 aromatic heterocycles. The predicted molar refractivity (Wildman–Crippen MR) is 69.3 cm³/mol. The van der Waals surface area contributed by atoms with E-state index in [1.54, 1.807) is 0 Å². The molecule has 1 amide bonds. The van der Waals surface area contributed by atoms with Gasteiger partial charge in [-0.1, -0.05) is 0 Å². The van der Waals surface area contributed by atoms with Crippen molar-refractivity contribution in [3.05, 3.63) is 32.8 Å². The molecule has 1 aromatic rings. The molecule has 0 aliphatic carbocycles. The van der Waals surface area contributed by atoms with Gasteiger partial charge in [-0.15, -0.1) is 0 Å². The van der Waals surface area contributed by atoms with Crippen LogP contribution in [0, 0.1) is 10.1 Å². The van der Waals surface area contributed by atoms with Crippen LogP contribution in [0.4, 0.5) is 11.4 Å². The average molecular weight is 318 g/mol. The molecule has 1 unspecified atom stereocenters. The highest BCUT2D eigenvalue weighted by Crippen LogP contribution is 2.27. The fraction of sp³-hybridized carbons (Fsp3) is 0.300. The Hall–Kier alpha value is -1.51. The maximum atomic E-state index is 11.7. The molecule has 0 bridgehead atoms. The summed E-state index contributed by atoms with van der Waals surface area (Å²) in [6.45, 7) is 0.0227. The standard InChI is InChI=1S/C10H12BrN3O4/c1-18-9(5-12)10(15)13-8-4-6(14(16)17)2-3-7(8)11/h2-4,9H,5,12H2,1H3,(H,13,15). The van der Waals surface area contributed by atoms with Crippen LogP contribution < -0.4 is 11.1 Å². The van der Waals surface area contributed by atoms with Gasteiger partial charge in [0.25, 0.3) is 11.6 Å². The molecule has 98 valence electrons. The van der Waals surface area contributed by atoms with Crippen molar-refractivity contribution in [2.24, 2.45) is 5.73 Å². The van der Waals surface area contributed by atoms with Crippen LogP contribution in [0.5, 0.6) is 0 Å². The number of hydrogen-bond acceptors (Lipinski definition) is 5. The molecular formula is C10H12BrN3O4. The Bertz CT molecular complexity index is 462. The Morgan fingerprint density at radius 2 is 2.33 bits per heavy atom. The van der Waals surface area contributed by atoms with E-state index in [4.69, 9.17) is 10.5 Å². The Balaban J connectivity index is 2.93. The molecule has 0 heterocycles. The third kappa shape index (κ3) is 3.49. The van der Waals surface area contributed by atoms with E-state index in [9.17, 15) is 14.9 Å². The SMILES string of the molecule is COC(CN)C(=O)Nc1cc([N+](=O)[O-])ccc1Br. The van der Waals surface area contributed by atoms with Gasteiger partial charge in [0.2, 0.25) is 0 Å². The number of carbonyl (C=O) groups is 1. The number of nitrogens with one attached hydrogen (secondary N) is 1. The number of ether oxygens (including phenoxy) is 1. The number of hydrogen-bond donors (Lipinski definition) is 2. The van der Waals surface area contributed by atoms with Gasteiger partial charge in [0.05, 0.1) is 10.6 Å². The summed E-state index contributed by atoms with van der Waals surface area (Å²) < 4.78 is 5.40. The number of benzene rings is 1. The summed E-state index contributed by atoms with van der Waals surface area (Å²) in [7, 11) is 1.36. The van der Waals surface area contributed by atoms with Crippen molar-refractivity contribution in [2.75, 3.05) is 19.0 Å². The molecule has 7 nitrogen and oxygen atoms in total. The number of rotatable bonds is 5. The molecule has 0 radical (unpaired) electrons. The predicted octanol–water partition coefficient (Wildman–Crippen LogP) is 1.27. The summed E-state index contributed by atoms with van der Waals surface area (Å²) in [4.78, 5) is 21.8. The van der Waals surface area contributed by atoms with Crippen molar-refractivity contribution in [1.82, 2.24) is 0 Å². The smallest absolute Gasteiger partial charge is 0.271 e. The third-order valence-electron chi connectivity index (χ3n) is 2.21. The zero-order valence-corrected chi connectivity index (χ0v) is 11.1. The van der Waals surface area contributed by atoms with Crippen LogP contribution in [-0.4, -0.2) is 30.6 Å². The molecule has 3 N–H and O–H groups in total. The number of nitro groups is 1. The number of carbonyl (C=O) groups excluding carboxylic acids is 1. The van der Waals surface area contributed by atoms with Crippen LogP contribution in [0.25, 0.3) is 0 Å². The Morgan fingerprint density at radius 3 is 2.83 bits per heavy atom. The summed E-state index contributed by atoms with van der Waals surface area (Å²) in [5.74, 6) is -0.457. The van der Waals surface area contributed by atoms with E-state index in [2.05, 4.69) is 21.2 Å². The maximum absolute atomic E-state index is 11.7. The number of non-ortho nitro benzene ring substituents is 1. The number of nitrogens with zero attached hydrogens (tertiary/aromatic N) is 1. The van der Waals surface area contributed by atoms with Crippen molar-refractivity contribution in [3.63, 3.8) is 0 Å². The first-order valence-corrected chi connectivity index (χ1v) is 5.76. The highest BCUT2D eigenvalue weighted by atomic mass is 79.9. The largest absolute Gasteiger partial charge is 0.370 e. The van der Waals surface area contributed by atoms with E-state index < -0.39 is 16.9 Å². The van der Waals surface area contributed by atoms with Crippen molar-refractivity contribution in [2.45, 2.75) is 6.10 Å². The molecule has 0 saturated carbocycles. The second-order valence-electron chi connectivity index (χ2n) is 3.37. The number of amides is 1. The molecule has 18 heavy (non-hydrogen) atoms. The van der Waals surface area contributed by atoms with Gasteiger partial charge in [-0.2, -0.15) is 0 Å². The normalized spacial score (nSPS) is 11.9. The van der Waals surface area contributed by atoms with E-state index >= 15 is 0 Å². The molecule has 1 aromatic carbocycles. The molecule has 0 saturated heterocycles. The zero-order chi connectivity index (χ0) is 13.7. The van der Waals surface area contributed by atoms with E-state index in [1.165, 1.54) is 25.3 Å². The van der Waals surface area contributed by atoms with Crippen molar-refractivity contribution < 1.29 is 14.5 Å². The molecule has 1 rings (SSSR count). The zero-order valence-electron chi connectivity index (χ0n) is 9.55. The number of halogens is 1. The van der Waals surface area contributed by atoms with Crippen molar-refractivity contribution in [3.8, 4) is 0 Å². The van der Waals surface area contributed by atoms with Crippen molar-refractivity contribution in [1.29, 1.82) is 0 Å². The average Bonchev–Trinajstić information content (AvgIpc) is 2.33. The van der Waals surface area contributed by atoms with Crippen LogP contribution in [0.3, 0.4) is 0 Å². The Morgan fingerprint density at radius 1 is 1.67 bits per heavy atom. The summed E-state index contributed by atoms with van der Waals surface area (Å²) in [5, 5.41) is 13.1. The monoisotopic (exact) mass is 317 g/mol. The minimum Gasteiger partial charge on any atom is -0.370 e. The highest BCUT2D eigenvalue weighted by molar-refractivity contribution is 9.10.